The monoisotopic (exact) mass is 344 g/mol. The first kappa shape index (κ1) is 16.8. The Kier molecular flexibility index (Phi) is 5.75. The van der Waals surface area contributed by atoms with Crippen LogP contribution in [0.4, 0.5) is 4.79 Å². The quantitative estimate of drug-likeness (QED) is 0.901. The number of benzene rings is 1. The molecule has 1 fully saturated rings. The first-order valence-electron chi connectivity index (χ1n) is 8.45. The van der Waals surface area contributed by atoms with Crippen LogP contribution in [0.2, 0.25) is 0 Å². The van der Waals surface area contributed by atoms with Crippen molar-refractivity contribution in [1.29, 1.82) is 0 Å². The Bertz CT molecular complexity index is 640. The summed E-state index contributed by atoms with van der Waals surface area (Å²) >= 11 is 1.67. The molecule has 0 spiro atoms. The molecule has 5 heteroatoms. The van der Waals surface area contributed by atoms with Crippen LogP contribution in [0, 0.1) is 0 Å². The number of ether oxygens (including phenoxy) is 1. The molecule has 1 aliphatic rings. The van der Waals surface area contributed by atoms with E-state index in [9.17, 15) is 4.79 Å². The number of carbonyl (C=O) groups is 1. The van der Waals surface area contributed by atoms with E-state index in [2.05, 4.69) is 17.4 Å². The summed E-state index contributed by atoms with van der Waals surface area (Å²) in [5.41, 5.74) is 1.29. The van der Waals surface area contributed by atoms with Crippen molar-refractivity contribution in [2.45, 2.75) is 31.7 Å². The maximum atomic E-state index is 12.5. The molecule has 0 bridgehead atoms. The van der Waals surface area contributed by atoms with Gasteiger partial charge in [-0.3, -0.25) is 0 Å². The number of carbonyl (C=O) groups excluding carboxylic acids is 1. The van der Waals surface area contributed by atoms with Gasteiger partial charge in [-0.1, -0.05) is 24.6 Å². The Morgan fingerprint density at radius 3 is 2.83 bits per heavy atom. The second kappa shape index (κ2) is 8.20. The molecule has 0 radical (unpaired) electrons. The van der Waals surface area contributed by atoms with Crippen molar-refractivity contribution in [2.75, 3.05) is 20.2 Å². The lowest BCUT2D eigenvalue weighted by Gasteiger charge is -2.25. The van der Waals surface area contributed by atoms with Crippen molar-refractivity contribution in [1.82, 2.24) is 10.2 Å². The van der Waals surface area contributed by atoms with Crippen LogP contribution in [0.5, 0.6) is 5.75 Å². The molecule has 1 atom stereocenters. The Morgan fingerprint density at radius 2 is 2.12 bits per heavy atom. The minimum Gasteiger partial charge on any atom is -0.497 e. The van der Waals surface area contributed by atoms with E-state index in [1.165, 1.54) is 10.4 Å². The molecule has 2 heterocycles. The van der Waals surface area contributed by atoms with Crippen molar-refractivity contribution in [2.24, 2.45) is 0 Å². The number of urea groups is 1. The summed E-state index contributed by atoms with van der Waals surface area (Å²) in [7, 11) is 1.68. The van der Waals surface area contributed by atoms with Crippen molar-refractivity contribution >= 4 is 17.4 Å². The molecule has 0 aliphatic carbocycles. The number of nitrogens with one attached hydrogen (secondary N) is 1. The van der Waals surface area contributed by atoms with Crippen LogP contribution in [-0.2, 0) is 6.54 Å². The van der Waals surface area contributed by atoms with Crippen LogP contribution < -0.4 is 10.1 Å². The van der Waals surface area contributed by atoms with E-state index < -0.39 is 0 Å². The van der Waals surface area contributed by atoms with Gasteiger partial charge in [0.15, 0.2) is 0 Å². The first-order chi connectivity index (χ1) is 11.8. The molecule has 1 aromatic heterocycles. The van der Waals surface area contributed by atoms with Gasteiger partial charge in [-0.25, -0.2) is 4.79 Å². The van der Waals surface area contributed by atoms with Crippen molar-refractivity contribution in [3.8, 4) is 5.75 Å². The molecule has 1 aliphatic heterocycles. The van der Waals surface area contributed by atoms with Gasteiger partial charge in [0.1, 0.15) is 5.75 Å². The molecular formula is C19H24N2O2S. The number of likely N-dealkylation sites (tertiary alicyclic amines) is 1. The molecule has 1 N–H and O–H groups in total. The average molecular weight is 344 g/mol. The fraction of sp³-hybridized carbons (Fsp3) is 0.421. The third-order valence-corrected chi connectivity index (χ3v) is 5.42. The largest absolute Gasteiger partial charge is 0.497 e. The second-order valence-electron chi connectivity index (χ2n) is 6.15. The van der Waals surface area contributed by atoms with Crippen molar-refractivity contribution in [3.05, 3.63) is 52.2 Å². The van der Waals surface area contributed by atoms with Crippen LogP contribution in [-0.4, -0.2) is 31.1 Å². The highest BCUT2D eigenvalue weighted by Gasteiger charge is 2.23. The molecule has 4 nitrogen and oxygen atoms in total. The summed E-state index contributed by atoms with van der Waals surface area (Å²) in [6.07, 6.45) is 3.35. The predicted octanol–water partition coefficient (Wildman–Crippen LogP) is 4.24. The number of hydrogen-bond acceptors (Lipinski definition) is 3. The van der Waals surface area contributed by atoms with Gasteiger partial charge in [-0.05, 0) is 42.0 Å². The minimum atomic E-state index is 0.0452. The molecule has 2 aromatic rings. The van der Waals surface area contributed by atoms with Gasteiger partial charge in [0, 0.05) is 23.9 Å². The average Bonchev–Trinajstić information content (AvgIpc) is 3.02. The van der Waals surface area contributed by atoms with E-state index >= 15 is 0 Å². The van der Waals surface area contributed by atoms with E-state index in [1.807, 2.05) is 34.5 Å². The maximum absolute atomic E-state index is 12.5. The van der Waals surface area contributed by atoms with Gasteiger partial charge >= 0.3 is 6.03 Å². The molecular weight excluding hydrogens is 320 g/mol. The van der Waals surface area contributed by atoms with Gasteiger partial charge in [-0.2, -0.15) is 0 Å². The number of rotatable bonds is 4. The summed E-state index contributed by atoms with van der Waals surface area (Å²) in [5, 5.41) is 5.09. The van der Waals surface area contributed by atoms with Crippen LogP contribution in [0.3, 0.4) is 0 Å². The number of methoxy groups -OCH3 is 1. The summed E-state index contributed by atoms with van der Waals surface area (Å²) < 4.78 is 5.23. The summed E-state index contributed by atoms with van der Waals surface area (Å²) in [6, 6.07) is 12.4. The molecule has 1 aromatic carbocycles. The molecule has 1 unspecified atom stereocenters. The molecule has 24 heavy (non-hydrogen) atoms. The van der Waals surface area contributed by atoms with E-state index in [4.69, 9.17) is 4.74 Å². The van der Waals surface area contributed by atoms with Gasteiger partial charge < -0.3 is 15.0 Å². The molecule has 3 rings (SSSR count). The number of hydrogen-bond donors (Lipinski definition) is 1. The highest BCUT2D eigenvalue weighted by atomic mass is 32.1. The number of nitrogens with zero attached hydrogens (tertiary/aromatic N) is 1. The van der Waals surface area contributed by atoms with E-state index in [1.54, 1.807) is 18.4 Å². The van der Waals surface area contributed by atoms with Gasteiger partial charge in [0.25, 0.3) is 0 Å². The van der Waals surface area contributed by atoms with Gasteiger partial charge in [0.05, 0.1) is 13.7 Å². The highest BCUT2D eigenvalue weighted by molar-refractivity contribution is 7.09. The fourth-order valence-electron chi connectivity index (χ4n) is 3.16. The zero-order valence-corrected chi connectivity index (χ0v) is 14.8. The summed E-state index contributed by atoms with van der Waals surface area (Å²) in [4.78, 5) is 15.7. The highest BCUT2D eigenvalue weighted by Crippen LogP contribution is 2.28. The van der Waals surface area contributed by atoms with E-state index in [0.29, 0.717) is 12.5 Å². The first-order valence-corrected chi connectivity index (χ1v) is 9.33. The minimum absolute atomic E-state index is 0.0452. The Balaban J connectivity index is 1.61. The Morgan fingerprint density at radius 1 is 1.29 bits per heavy atom. The van der Waals surface area contributed by atoms with Crippen molar-refractivity contribution < 1.29 is 9.53 Å². The third kappa shape index (κ3) is 4.29. The summed E-state index contributed by atoms with van der Waals surface area (Å²) in [6.45, 7) is 2.23. The van der Waals surface area contributed by atoms with E-state index in [-0.39, 0.29) is 6.03 Å². The lowest BCUT2D eigenvalue weighted by molar-refractivity contribution is 0.197. The zero-order chi connectivity index (χ0) is 16.8. The molecule has 128 valence electrons. The van der Waals surface area contributed by atoms with Crippen molar-refractivity contribution in [3.63, 3.8) is 0 Å². The lowest BCUT2D eigenvalue weighted by atomic mass is 9.94. The fourth-order valence-corrected chi connectivity index (χ4v) is 3.81. The summed E-state index contributed by atoms with van der Waals surface area (Å²) in [5.74, 6) is 1.27. The normalized spacial score (nSPS) is 18.0. The third-order valence-electron chi connectivity index (χ3n) is 4.54. The predicted molar refractivity (Wildman–Crippen MR) is 97.7 cm³/mol. The molecule has 1 saturated heterocycles. The van der Waals surface area contributed by atoms with Crippen LogP contribution in [0.1, 0.15) is 35.6 Å². The lowest BCUT2D eigenvalue weighted by Crippen LogP contribution is -2.41. The van der Waals surface area contributed by atoms with Gasteiger partial charge in [0.2, 0.25) is 0 Å². The Hall–Kier alpha value is -2.01. The number of amides is 2. The standard InChI is InChI=1S/C19H24N2O2S/c1-23-17-9-7-15(8-10-17)16-5-2-3-11-21(14-16)19(22)20-13-18-6-4-12-24-18/h4,6-10,12,16H,2-3,5,11,13-14H2,1H3,(H,20,22). The van der Waals surface area contributed by atoms with Gasteiger partial charge in [-0.15, -0.1) is 11.3 Å². The Labute approximate surface area is 147 Å². The maximum Gasteiger partial charge on any atom is 0.317 e. The molecule has 2 amide bonds. The topological polar surface area (TPSA) is 41.6 Å². The SMILES string of the molecule is COc1ccc(C2CCCCN(C(=O)NCc3cccs3)C2)cc1. The second-order valence-corrected chi connectivity index (χ2v) is 7.18. The van der Waals surface area contributed by atoms with Crippen LogP contribution in [0.25, 0.3) is 0 Å². The van der Waals surface area contributed by atoms with E-state index in [0.717, 1.165) is 38.1 Å². The van der Waals surface area contributed by atoms with Crippen LogP contribution in [0.15, 0.2) is 41.8 Å². The zero-order valence-electron chi connectivity index (χ0n) is 14.0. The number of thiophene rings is 1. The molecule has 0 saturated carbocycles. The smallest absolute Gasteiger partial charge is 0.317 e. The van der Waals surface area contributed by atoms with Crippen LogP contribution >= 0.6 is 11.3 Å².